The van der Waals surface area contributed by atoms with Crippen molar-refractivity contribution in [3.8, 4) is 0 Å². The predicted octanol–water partition coefficient (Wildman–Crippen LogP) is 1.57. The van der Waals surface area contributed by atoms with E-state index < -0.39 is 12.0 Å². The van der Waals surface area contributed by atoms with Gasteiger partial charge in [-0.15, -0.1) is 0 Å². The molecule has 1 heterocycles. The Hall–Kier alpha value is -2.35. The lowest BCUT2D eigenvalue weighted by molar-refractivity contribution is -0.115. The van der Waals surface area contributed by atoms with Crippen LogP contribution >= 0.6 is 11.3 Å². The largest absolute Gasteiger partial charge is 0.465 e. The van der Waals surface area contributed by atoms with Crippen molar-refractivity contribution in [1.29, 1.82) is 0 Å². The number of fused-ring (bicyclic) bond motifs is 1. The van der Waals surface area contributed by atoms with Gasteiger partial charge in [-0.05, 0) is 18.2 Å². The maximum atomic E-state index is 11.5. The van der Waals surface area contributed by atoms with Crippen LogP contribution in [0, 0.1) is 0 Å². The zero-order valence-corrected chi connectivity index (χ0v) is 11.8. The van der Waals surface area contributed by atoms with Crippen molar-refractivity contribution < 1.29 is 14.7 Å². The molecule has 2 rings (SSSR count). The van der Waals surface area contributed by atoms with Crippen molar-refractivity contribution in [2.24, 2.45) is 0 Å². The quantitative estimate of drug-likeness (QED) is 0.795. The first kappa shape index (κ1) is 14.1. The Bertz CT molecular complexity index is 653. The van der Waals surface area contributed by atoms with Crippen LogP contribution in [-0.4, -0.2) is 42.7 Å². The summed E-state index contributed by atoms with van der Waals surface area (Å²) in [7, 11) is 3.88. The predicted molar refractivity (Wildman–Crippen MR) is 78.6 cm³/mol. The van der Waals surface area contributed by atoms with E-state index >= 15 is 0 Å². The van der Waals surface area contributed by atoms with Crippen LogP contribution in [0.3, 0.4) is 0 Å². The lowest BCUT2D eigenvalue weighted by Crippen LogP contribution is -2.31. The van der Waals surface area contributed by atoms with E-state index in [0.29, 0.717) is 5.13 Å². The number of carboxylic acid groups (broad SMARTS) is 1. The molecular formula is C12H14N4O3S. The average Bonchev–Trinajstić information content (AvgIpc) is 2.77. The molecule has 0 bridgehead atoms. The number of benzene rings is 1. The molecular weight excluding hydrogens is 280 g/mol. The van der Waals surface area contributed by atoms with E-state index in [9.17, 15) is 9.59 Å². The number of hydrogen-bond acceptors (Lipinski definition) is 5. The lowest BCUT2D eigenvalue weighted by Gasteiger charge is -2.11. The number of aromatic nitrogens is 1. The maximum Gasteiger partial charge on any atom is 0.405 e. The van der Waals surface area contributed by atoms with E-state index in [2.05, 4.69) is 10.3 Å². The third kappa shape index (κ3) is 3.35. The molecule has 0 radical (unpaired) electrons. The zero-order valence-electron chi connectivity index (χ0n) is 11.0. The average molecular weight is 294 g/mol. The molecule has 0 spiro atoms. The van der Waals surface area contributed by atoms with Crippen LogP contribution in [-0.2, 0) is 4.79 Å². The van der Waals surface area contributed by atoms with Crippen molar-refractivity contribution in [3.05, 3.63) is 18.2 Å². The fourth-order valence-corrected chi connectivity index (χ4v) is 2.43. The Labute approximate surface area is 119 Å². The second-order valence-corrected chi connectivity index (χ2v) is 5.30. The maximum absolute atomic E-state index is 11.5. The lowest BCUT2D eigenvalue weighted by atomic mass is 10.3. The van der Waals surface area contributed by atoms with E-state index in [1.165, 1.54) is 11.3 Å². The van der Waals surface area contributed by atoms with Gasteiger partial charge in [-0.3, -0.25) is 4.79 Å². The highest BCUT2D eigenvalue weighted by Crippen LogP contribution is 2.28. The molecule has 0 aliphatic carbocycles. The standard InChI is InChI=1S/C12H14N4O3S/c1-16(2)7-3-4-9-8(5-7)14-11(20-9)15-10(17)6-13-12(18)19/h3-5,13H,6H2,1-2H3,(H,18,19)(H,14,15,17). The van der Waals surface area contributed by atoms with Crippen LogP contribution in [0.25, 0.3) is 10.2 Å². The number of amides is 2. The molecule has 0 aliphatic heterocycles. The summed E-state index contributed by atoms with van der Waals surface area (Å²) in [6.07, 6.45) is -1.24. The topological polar surface area (TPSA) is 94.6 Å². The number of carbonyl (C=O) groups is 2. The minimum Gasteiger partial charge on any atom is -0.465 e. The molecule has 20 heavy (non-hydrogen) atoms. The molecule has 3 N–H and O–H groups in total. The summed E-state index contributed by atoms with van der Waals surface area (Å²) in [5.74, 6) is -0.445. The van der Waals surface area contributed by atoms with E-state index in [4.69, 9.17) is 5.11 Å². The Balaban J connectivity index is 2.11. The SMILES string of the molecule is CN(C)c1ccc2sc(NC(=O)CNC(=O)O)nc2c1. The fourth-order valence-electron chi connectivity index (χ4n) is 1.57. The van der Waals surface area contributed by atoms with Crippen LogP contribution < -0.4 is 15.5 Å². The minimum atomic E-state index is -1.24. The van der Waals surface area contributed by atoms with E-state index in [-0.39, 0.29) is 6.54 Å². The van der Waals surface area contributed by atoms with Gasteiger partial charge in [-0.25, -0.2) is 9.78 Å². The molecule has 2 amide bonds. The first-order chi connectivity index (χ1) is 9.45. The molecule has 0 unspecified atom stereocenters. The summed E-state index contributed by atoms with van der Waals surface area (Å²) in [6, 6.07) is 5.84. The molecule has 2 aromatic rings. The summed E-state index contributed by atoms with van der Waals surface area (Å²) in [5, 5.41) is 13.4. The van der Waals surface area contributed by atoms with Gasteiger partial charge in [-0.1, -0.05) is 11.3 Å². The Morgan fingerprint density at radius 3 is 2.80 bits per heavy atom. The van der Waals surface area contributed by atoms with Gasteiger partial charge in [-0.2, -0.15) is 0 Å². The van der Waals surface area contributed by atoms with Gasteiger partial charge in [0.1, 0.15) is 6.54 Å². The Morgan fingerprint density at radius 2 is 2.15 bits per heavy atom. The molecule has 1 aromatic heterocycles. The normalized spacial score (nSPS) is 10.3. The molecule has 1 aromatic carbocycles. The van der Waals surface area contributed by atoms with Crippen molar-refractivity contribution >= 4 is 44.4 Å². The first-order valence-electron chi connectivity index (χ1n) is 5.80. The highest BCUT2D eigenvalue weighted by atomic mass is 32.1. The second-order valence-electron chi connectivity index (χ2n) is 4.27. The number of carbonyl (C=O) groups excluding carboxylic acids is 1. The number of nitrogens with one attached hydrogen (secondary N) is 2. The molecule has 0 saturated heterocycles. The van der Waals surface area contributed by atoms with E-state index in [1.807, 2.05) is 42.5 Å². The van der Waals surface area contributed by atoms with Crippen molar-refractivity contribution in [1.82, 2.24) is 10.3 Å². The zero-order chi connectivity index (χ0) is 14.7. The molecule has 7 nitrogen and oxygen atoms in total. The van der Waals surface area contributed by atoms with Crippen LogP contribution in [0.1, 0.15) is 0 Å². The third-order valence-corrected chi connectivity index (χ3v) is 3.49. The van der Waals surface area contributed by atoms with Crippen LogP contribution in [0.15, 0.2) is 18.2 Å². The fraction of sp³-hybridized carbons (Fsp3) is 0.250. The molecule has 106 valence electrons. The Morgan fingerprint density at radius 1 is 1.40 bits per heavy atom. The number of hydrogen-bond donors (Lipinski definition) is 3. The van der Waals surface area contributed by atoms with Crippen molar-refractivity contribution in [3.63, 3.8) is 0 Å². The molecule has 0 aliphatic rings. The van der Waals surface area contributed by atoms with Gasteiger partial charge in [0, 0.05) is 19.8 Å². The van der Waals surface area contributed by atoms with Gasteiger partial charge < -0.3 is 20.6 Å². The highest BCUT2D eigenvalue weighted by molar-refractivity contribution is 7.22. The van der Waals surface area contributed by atoms with Crippen LogP contribution in [0.2, 0.25) is 0 Å². The molecule has 0 saturated carbocycles. The monoisotopic (exact) mass is 294 g/mol. The highest BCUT2D eigenvalue weighted by Gasteiger charge is 2.09. The van der Waals surface area contributed by atoms with Crippen molar-refractivity contribution in [2.75, 3.05) is 30.9 Å². The molecule has 8 heteroatoms. The molecule has 0 fully saturated rings. The third-order valence-electron chi connectivity index (χ3n) is 2.53. The van der Waals surface area contributed by atoms with Gasteiger partial charge in [0.2, 0.25) is 5.91 Å². The number of anilines is 2. The van der Waals surface area contributed by atoms with Gasteiger partial charge in [0.15, 0.2) is 5.13 Å². The summed E-state index contributed by atoms with van der Waals surface area (Å²) in [6.45, 7) is -0.297. The minimum absolute atomic E-state index is 0.297. The van der Waals surface area contributed by atoms with E-state index in [1.54, 1.807) is 0 Å². The summed E-state index contributed by atoms with van der Waals surface area (Å²) in [4.78, 5) is 28.1. The van der Waals surface area contributed by atoms with Crippen LogP contribution in [0.4, 0.5) is 15.6 Å². The number of rotatable bonds is 4. The van der Waals surface area contributed by atoms with Gasteiger partial charge in [0.25, 0.3) is 0 Å². The first-order valence-corrected chi connectivity index (χ1v) is 6.62. The number of thiazole rings is 1. The second kappa shape index (κ2) is 5.74. The van der Waals surface area contributed by atoms with Crippen molar-refractivity contribution in [2.45, 2.75) is 0 Å². The smallest absolute Gasteiger partial charge is 0.405 e. The summed E-state index contributed by atoms with van der Waals surface area (Å²) >= 11 is 1.34. The Kier molecular flexibility index (Phi) is 4.04. The van der Waals surface area contributed by atoms with Crippen LogP contribution in [0.5, 0.6) is 0 Å². The van der Waals surface area contributed by atoms with E-state index in [0.717, 1.165) is 15.9 Å². The van der Waals surface area contributed by atoms with Gasteiger partial charge in [0.05, 0.1) is 10.2 Å². The summed E-state index contributed by atoms with van der Waals surface area (Å²) < 4.78 is 0.956. The molecule has 0 atom stereocenters. The van der Waals surface area contributed by atoms with Gasteiger partial charge >= 0.3 is 6.09 Å². The number of nitrogens with zero attached hydrogens (tertiary/aromatic N) is 2. The summed E-state index contributed by atoms with van der Waals surface area (Å²) in [5.41, 5.74) is 1.82.